The zero-order valence-corrected chi connectivity index (χ0v) is 19.3. The van der Waals surface area contributed by atoms with Crippen molar-refractivity contribution in [1.29, 1.82) is 0 Å². The number of rotatable bonds is 6. The summed E-state index contributed by atoms with van der Waals surface area (Å²) in [5, 5.41) is 9.42. The second-order valence-electron chi connectivity index (χ2n) is 7.41. The van der Waals surface area contributed by atoms with Crippen LogP contribution in [0, 0.1) is 0 Å². The second-order valence-corrected chi connectivity index (χ2v) is 9.78. The van der Waals surface area contributed by atoms with Gasteiger partial charge in [0, 0.05) is 12.7 Å². The van der Waals surface area contributed by atoms with Crippen molar-refractivity contribution in [3.63, 3.8) is 0 Å². The topological polar surface area (TPSA) is 99.4 Å². The largest absolute Gasteiger partial charge is 0.347 e. The third-order valence-corrected chi connectivity index (χ3v) is 6.52. The minimum atomic E-state index is -3.29. The third kappa shape index (κ3) is 4.56. The summed E-state index contributed by atoms with van der Waals surface area (Å²) in [5.74, 6) is -0.220. The number of aryl methyl sites for hydroxylation is 1. The van der Waals surface area contributed by atoms with Gasteiger partial charge in [-0.3, -0.25) is 18.5 Å². The molecule has 3 aromatic rings. The number of pyridine rings is 1. The highest BCUT2D eigenvalue weighted by Gasteiger charge is 2.20. The highest BCUT2D eigenvalue weighted by atomic mass is 35.5. The molecule has 0 aliphatic carbocycles. The Morgan fingerprint density at radius 2 is 1.91 bits per heavy atom. The Kier molecular flexibility index (Phi) is 6.07. The number of nitrogens with one attached hydrogen (secondary N) is 1. The molecule has 1 aliphatic heterocycles. The molecule has 0 fully saturated rings. The first-order chi connectivity index (χ1) is 15.3. The average molecular weight is 475 g/mol. The molecule has 4 rings (SSSR count). The minimum absolute atomic E-state index is 0.220. The summed E-state index contributed by atoms with van der Waals surface area (Å²) >= 11 is 6.10. The molecule has 32 heavy (non-hydrogen) atoms. The SMILES string of the molecule is CCc1nc2ccc(Cl)cn2c1C(=O)NCc1ccc(N2CCN(S(C)(=O)=O)C=N2)cc1. The Bertz CT molecular complexity index is 1290. The number of hydrogen-bond donors (Lipinski definition) is 1. The van der Waals surface area contributed by atoms with Crippen molar-refractivity contribution < 1.29 is 13.2 Å². The van der Waals surface area contributed by atoms with Crippen LogP contribution in [0.4, 0.5) is 5.69 Å². The summed E-state index contributed by atoms with van der Waals surface area (Å²) in [5.41, 5.74) is 3.64. The van der Waals surface area contributed by atoms with Gasteiger partial charge in [0.1, 0.15) is 17.7 Å². The fraction of sp³-hybridized carbons (Fsp3) is 0.286. The minimum Gasteiger partial charge on any atom is -0.347 e. The van der Waals surface area contributed by atoms with Gasteiger partial charge in [0.2, 0.25) is 10.0 Å². The molecule has 0 atom stereocenters. The Hall–Kier alpha value is -3.11. The maximum atomic E-state index is 12.9. The average Bonchev–Trinajstić information content (AvgIpc) is 3.15. The Morgan fingerprint density at radius 3 is 2.53 bits per heavy atom. The van der Waals surface area contributed by atoms with E-state index in [9.17, 15) is 13.2 Å². The summed E-state index contributed by atoms with van der Waals surface area (Å²) in [6, 6.07) is 11.1. The molecule has 0 radical (unpaired) electrons. The molecule has 9 nitrogen and oxygen atoms in total. The van der Waals surface area contributed by atoms with E-state index in [1.807, 2.05) is 31.2 Å². The fourth-order valence-electron chi connectivity index (χ4n) is 3.48. The molecule has 0 saturated heterocycles. The van der Waals surface area contributed by atoms with Crippen molar-refractivity contribution in [1.82, 2.24) is 19.0 Å². The van der Waals surface area contributed by atoms with Gasteiger partial charge < -0.3 is 5.32 Å². The molecule has 0 spiro atoms. The predicted octanol–water partition coefficient (Wildman–Crippen LogP) is 2.51. The highest BCUT2D eigenvalue weighted by Crippen LogP contribution is 2.19. The van der Waals surface area contributed by atoms with E-state index in [4.69, 9.17) is 11.6 Å². The number of nitrogens with zero attached hydrogens (tertiary/aromatic N) is 5. The van der Waals surface area contributed by atoms with Gasteiger partial charge in [-0.1, -0.05) is 30.7 Å². The van der Waals surface area contributed by atoms with Crippen LogP contribution in [0.25, 0.3) is 5.65 Å². The standard InChI is InChI=1S/C21H23ClN6O3S/c1-3-18-20(27-13-16(22)6-9-19(27)25-18)21(29)23-12-15-4-7-17(8-5-15)28-11-10-26(14-24-28)32(2,30)31/h4-9,13-14H,3,10-12H2,1-2H3,(H,23,29). The maximum Gasteiger partial charge on any atom is 0.270 e. The molecular weight excluding hydrogens is 452 g/mol. The van der Waals surface area contributed by atoms with Crippen LogP contribution in [0.3, 0.4) is 0 Å². The predicted molar refractivity (Wildman–Crippen MR) is 125 cm³/mol. The summed E-state index contributed by atoms with van der Waals surface area (Å²) in [7, 11) is -3.29. The van der Waals surface area contributed by atoms with Gasteiger partial charge in [-0.05, 0) is 36.2 Å². The molecule has 1 amide bonds. The van der Waals surface area contributed by atoms with Crippen molar-refractivity contribution in [2.24, 2.45) is 5.10 Å². The number of amides is 1. The van der Waals surface area contributed by atoms with E-state index in [0.29, 0.717) is 48.1 Å². The zero-order chi connectivity index (χ0) is 22.9. The van der Waals surface area contributed by atoms with Crippen LogP contribution in [-0.4, -0.2) is 53.7 Å². The number of carbonyl (C=O) groups excluding carboxylic acids is 1. The number of hydrogen-bond acceptors (Lipinski definition) is 6. The molecule has 0 unspecified atom stereocenters. The Morgan fingerprint density at radius 1 is 1.16 bits per heavy atom. The van der Waals surface area contributed by atoms with E-state index in [1.165, 1.54) is 10.6 Å². The summed E-state index contributed by atoms with van der Waals surface area (Å²) in [4.78, 5) is 17.4. The Balaban J connectivity index is 1.44. The number of hydrazone groups is 1. The van der Waals surface area contributed by atoms with E-state index in [-0.39, 0.29) is 5.91 Å². The maximum absolute atomic E-state index is 12.9. The number of fused-ring (bicyclic) bond motifs is 1. The first-order valence-electron chi connectivity index (χ1n) is 10.1. The van der Waals surface area contributed by atoms with Crippen molar-refractivity contribution >= 4 is 45.2 Å². The van der Waals surface area contributed by atoms with Crippen LogP contribution in [0.1, 0.15) is 28.7 Å². The van der Waals surface area contributed by atoms with Crippen LogP contribution >= 0.6 is 11.6 Å². The third-order valence-electron chi connectivity index (χ3n) is 5.17. The van der Waals surface area contributed by atoms with Crippen molar-refractivity contribution in [2.75, 3.05) is 24.4 Å². The van der Waals surface area contributed by atoms with Gasteiger partial charge in [0.05, 0.1) is 35.7 Å². The van der Waals surface area contributed by atoms with E-state index in [1.54, 1.807) is 27.7 Å². The number of aromatic nitrogens is 2. The smallest absolute Gasteiger partial charge is 0.270 e. The lowest BCUT2D eigenvalue weighted by atomic mass is 10.2. The van der Waals surface area contributed by atoms with Crippen molar-refractivity contribution in [3.8, 4) is 0 Å². The van der Waals surface area contributed by atoms with Crippen molar-refractivity contribution in [3.05, 3.63) is 64.6 Å². The number of anilines is 1. The lowest BCUT2D eigenvalue weighted by Crippen LogP contribution is -2.40. The van der Waals surface area contributed by atoms with Gasteiger partial charge in [-0.25, -0.2) is 13.4 Å². The van der Waals surface area contributed by atoms with Crippen LogP contribution in [0.5, 0.6) is 0 Å². The van der Waals surface area contributed by atoms with Crippen LogP contribution in [0.2, 0.25) is 5.02 Å². The van der Waals surface area contributed by atoms with Gasteiger partial charge in [-0.15, -0.1) is 0 Å². The second kappa shape index (κ2) is 8.79. The monoisotopic (exact) mass is 474 g/mol. The van der Waals surface area contributed by atoms with Crippen LogP contribution in [0.15, 0.2) is 47.7 Å². The highest BCUT2D eigenvalue weighted by molar-refractivity contribution is 7.88. The number of sulfonamides is 1. The van der Waals surface area contributed by atoms with Crippen LogP contribution in [-0.2, 0) is 23.0 Å². The molecule has 0 bridgehead atoms. The number of imidazole rings is 1. The van der Waals surface area contributed by atoms with Crippen molar-refractivity contribution in [2.45, 2.75) is 19.9 Å². The molecule has 1 N–H and O–H groups in total. The van der Waals surface area contributed by atoms with Gasteiger partial charge >= 0.3 is 0 Å². The molecule has 11 heteroatoms. The van der Waals surface area contributed by atoms with Gasteiger partial charge in [-0.2, -0.15) is 5.10 Å². The number of halogens is 1. The lowest BCUT2D eigenvalue weighted by molar-refractivity contribution is 0.0944. The van der Waals surface area contributed by atoms with Crippen LogP contribution < -0.4 is 10.3 Å². The summed E-state index contributed by atoms with van der Waals surface area (Å²) in [6.45, 7) is 3.10. The van der Waals surface area contributed by atoms with E-state index in [2.05, 4.69) is 15.4 Å². The molecule has 2 aromatic heterocycles. The van der Waals surface area contributed by atoms with Gasteiger partial charge in [0.15, 0.2) is 0 Å². The fourth-order valence-corrected chi connectivity index (χ4v) is 4.27. The lowest BCUT2D eigenvalue weighted by Gasteiger charge is -2.28. The molecule has 168 valence electrons. The summed E-state index contributed by atoms with van der Waals surface area (Å²) in [6.07, 6.45) is 4.80. The Labute approximate surface area is 191 Å². The van der Waals surface area contributed by atoms with E-state index >= 15 is 0 Å². The van der Waals surface area contributed by atoms with E-state index in [0.717, 1.165) is 17.5 Å². The normalized spacial score (nSPS) is 14.2. The molecule has 0 saturated carbocycles. The molecule has 3 heterocycles. The number of benzene rings is 1. The summed E-state index contributed by atoms with van der Waals surface area (Å²) < 4.78 is 26.1. The first-order valence-corrected chi connectivity index (χ1v) is 12.3. The van der Waals surface area contributed by atoms with E-state index < -0.39 is 10.0 Å². The quantitative estimate of drug-likeness (QED) is 0.591. The number of carbonyl (C=O) groups is 1. The molecule has 1 aromatic carbocycles. The molecule has 1 aliphatic rings. The van der Waals surface area contributed by atoms with Gasteiger partial charge in [0.25, 0.3) is 5.91 Å². The zero-order valence-electron chi connectivity index (χ0n) is 17.7. The molecular formula is C21H23ClN6O3S. The first kappa shape index (κ1) is 22.1.